The smallest absolute Gasteiger partial charge is 0.255 e. The Morgan fingerprint density at radius 2 is 2.17 bits per heavy atom. The number of amides is 1. The molecule has 0 radical (unpaired) electrons. The molecule has 2 nitrogen and oxygen atoms in total. The van der Waals surface area contributed by atoms with Gasteiger partial charge in [0, 0.05) is 22.4 Å². The number of aryl methyl sites for hydroxylation is 1. The van der Waals surface area contributed by atoms with Gasteiger partial charge in [-0.25, -0.2) is 0 Å². The van der Waals surface area contributed by atoms with E-state index in [4.69, 9.17) is 0 Å². The molecule has 2 unspecified atom stereocenters. The second-order valence-electron chi connectivity index (χ2n) is 4.97. The quantitative estimate of drug-likeness (QED) is 0.680. The Kier molecular flexibility index (Phi) is 4.49. The second kappa shape index (κ2) is 5.74. The Bertz CT molecular complexity index is 461. The molecule has 0 aliphatic carbocycles. The lowest BCUT2D eigenvalue weighted by atomic mass is 9.98. The molecule has 0 N–H and O–H groups in total. The average Bonchev–Trinajstić information content (AvgIpc) is 2.35. The predicted molar refractivity (Wildman–Crippen MR) is 81.3 cm³/mol. The Morgan fingerprint density at radius 3 is 2.83 bits per heavy atom. The molecule has 1 aromatic rings. The standard InChI is InChI=1S/C14H17Br2NO/c1-9-6-7-17(8-12(9)15)14(18)11-5-3-4-10(2)13(11)16/h3-5,9,12H,6-8H2,1-2H3. The zero-order valence-electron chi connectivity index (χ0n) is 10.6. The topological polar surface area (TPSA) is 20.3 Å². The minimum Gasteiger partial charge on any atom is -0.337 e. The highest BCUT2D eigenvalue weighted by Crippen LogP contribution is 2.27. The maximum absolute atomic E-state index is 12.5. The van der Waals surface area contributed by atoms with E-state index in [0.29, 0.717) is 10.7 Å². The van der Waals surface area contributed by atoms with Gasteiger partial charge in [-0.15, -0.1) is 0 Å². The molecule has 2 rings (SSSR count). The fraction of sp³-hybridized carbons (Fsp3) is 0.500. The molecule has 98 valence electrons. The van der Waals surface area contributed by atoms with Crippen LogP contribution in [0, 0.1) is 12.8 Å². The molecule has 1 aliphatic rings. The Morgan fingerprint density at radius 1 is 1.44 bits per heavy atom. The maximum atomic E-state index is 12.5. The summed E-state index contributed by atoms with van der Waals surface area (Å²) in [6, 6.07) is 5.83. The Hall–Kier alpha value is -0.350. The van der Waals surface area contributed by atoms with Crippen LogP contribution in [0.25, 0.3) is 0 Å². The van der Waals surface area contributed by atoms with E-state index in [1.54, 1.807) is 0 Å². The molecule has 1 amide bonds. The first-order valence-electron chi connectivity index (χ1n) is 6.19. The molecule has 2 atom stereocenters. The number of carbonyl (C=O) groups excluding carboxylic acids is 1. The number of alkyl halides is 1. The van der Waals surface area contributed by atoms with E-state index < -0.39 is 0 Å². The highest BCUT2D eigenvalue weighted by atomic mass is 79.9. The van der Waals surface area contributed by atoms with Gasteiger partial charge in [-0.05, 0) is 46.8 Å². The van der Waals surface area contributed by atoms with Crippen LogP contribution in [-0.4, -0.2) is 28.7 Å². The summed E-state index contributed by atoms with van der Waals surface area (Å²) in [6.45, 7) is 5.87. The van der Waals surface area contributed by atoms with Gasteiger partial charge >= 0.3 is 0 Å². The van der Waals surface area contributed by atoms with Crippen LogP contribution < -0.4 is 0 Å². The molecule has 1 saturated heterocycles. The van der Waals surface area contributed by atoms with Gasteiger partial charge in [-0.1, -0.05) is 35.0 Å². The Balaban J connectivity index is 2.19. The molecular weight excluding hydrogens is 358 g/mol. The lowest BCUT2D eigenvalue weighted by Gasteiger charge is -2.34. The third-order valence-corrected chi connectivity index (χ3v) is 5.82. The average molecular weight is 375 g/mol. The number of rotatable bonds is 1. The van der Waals surface area contributed by atoms with Gasteiger partial charge in [-0.3, -0.25) is 4.79 Å². The minimum absolute atomic E-state index is 0.127. The molecule has 1 fully saturated rings. The number of piperidine rings is 1. The van der Waals surface area contributed by atoms with E-state index in [2.05, 4.69) is 38.8 Å². The van der Waals surface area contributed by atoms with Gasteiger partial charge in [0.2, 0.25) is 0 Å². The molecule has 0 aromatic heterocycles. The summed E-state index contributed by atoms with van der Waals surface area (Å²) in [6.07, 6.45) is 1.06. The van der Waals surface area contributed by atoms with Crippen molar-refractivity contribution in [1.29, 1.82) is 0 Å². The summed E-state index contributed by atoms with van der Waals surface area (Å²) in [5.41, 5.74) is 1.87. The van der Waals surface area contributed by atoms with Crippen molar-refractivity contribution in [2.75, 3.05) is 13.1 Å². The van der Waals surface area contributed by atoms with Crippen molar-refractivity contribution >= 4 is 37.8 Å². The van der Waals surface area contributed by atoms with Crippen molar-refractivity contribution in [3.8, 4) is 0 Å². The van der Waals surface area contributed by atoms with E-state index in [0.717, 1.165) is 35.1 Å². The van der Waals surface area contributed by atoms with Crippen molar-refractivity contribution in [3.63, 3.8) is 0 Å². The highest BCUT2D eigenvalue weighted by molar-refractivity contribution is 9.10. The normalized spacial score (nSPS) is 24.1. The Labute approximate surface area is 125 Å². The minimum atomic E-state index is 0.127. The van der Waals surface area contributed by atoms with Crippen molar-refractivity contribution in [3.05, 3.63) is 33.8 Å². The lowest BCUT2D eigenvalue weighted by molar-refractivity contribution is 0.0705. The summed E-state index contributed by atoms with van der Waals surface area (Å²) in [5, 5.41) is 0. The monoisotopic (exact) mass is 373 g/mol. The third kappa shape index (κ3) is 2.80. The highest BCUT2D eigenvalue weighted by Gasteiger charge is 2.28. The molecule has 1 aliphatic heterocycles. The van der Waals surface area contributed by atoms with E-state index in [-0.39, 0.29) is 5.91 Å². The van der Waals surface area contributed by atoms with Crippen molar-refractivity contribution in [1.82, 2.24) is 4.90 Å². The van der Waals surface area contributed by atoms with Crippen LogP contribution in [0.1, 0.15) is 29.3 Å². The molecule has 0 spiro atoms. The number of nitrogens with zero attached hydrogens (tertiary/aromatic N) is 1. The van der Waals surface area contributed by atoms with Gasteiger partial charge in [-0.2, -0.15) is 0 Å². The molecular formula is C14H17Br2NO. The molecule has 1 heterocycles. The number of hydrogen-bond donors (Lipinski definition) is 0. The maximum Gasteiger partial charge on any atom is 0.255 e. The van der Waals surface area contributed by atoms with E-state index in [9.17, 15) is 4.79 Å². The van der Waals surface area contributed by atoms with E-state index in [1.807, 2.05) is 30.0 Å². The fourth-order valence-electron chi connectivity index (χ4n) is 2.19. The second-order valence-corrected chi connectivity index (χ2v) is 6.94. The molecule has 1 aromatic carbocycles. The van der Waals surface area contributed by atoms with Crippen LogP contribution in [-0.2, 0) is 0 Å². The van der Waals surface area contributed by atoms with Crippen LogP contribution >= 0.6 is 31.9 Å². The molecule has 0 saturated carbocycles. The zero-order chi connectivity index (χ0) is 13.3. The third-order valence-electron chi connectivity index (χ3n) is 3.58. The van der Waals surface area contributed by atoms with E-state index >= 15 is 0 Å². The summed E-state index contributed by atoms with van der Waals surface area (Å²) in [4.78, 5) is 14.8. The number of benzene rings is 1. The fourth-order valence-corrected chi connectivity index (χ4v) is 3.24. The van der Waals surface area contributed by atoms with Crippen LogP contribution in [0.4, 0.5) is 0 Å². The first-order valence-corrected chi connectivity index (χ1v) is 7.90. The van der Waals surface area contributed by atoms with Gasteiger partial charge in [0.1, 0.15) is 0 Å². The largest absolute Gasteiger partial charge is 0.337 e. The van der Waals surface area contributed by atoms with Gasteiger partial charge < -0.3 is 4.90 Å². The predicted octanol–water partition coefficient (Wildman–Crippen LogP) is 4.00. The summed E-state index contributed by atoms with van der Waals surface area (Å²) < 4.78 is 0.916. The molecule has 0 bridgehead atoms. The number of likely N-dealkylation sites (tertiary alicyclic amines) is 1. The lowest BCUT2D eigenvalue weighted by Crippen LogP contribution is -2.43. The van der Waals surface area contributed by atoms with Crippen LogP contribution in [0.2, 0.25) is 0 Å². The number of carbonyl (C=O) groups is 1. The van der Waals surface area contributed by atoms with Crippen LogP contribution in [0.3, 0.4) is 0 Å². The summed E-state index contributed by atoms with van der Waals surface area (Å²) in [5.74, 6) is 0.761. The van der Waals surface area contributed by atoms with Gasteiger partial charge in [0.15, 0.2) is 0 Å². The number of halogens is 2. The van der Waals surface area contributed by atoms with Crippen molar-refractivity contribution < 1.29 is 4.79 Å². The van der Waals surface area contributed by atoms with E-state index in [1.165, 1.54) is 0 Å². The van der Waals surface area contributed by atoms with Gasteiger partial charge in [0.25, 0.3) is 5.91 Å². The van der Waals surface area contributed by atoms with Gasteiger partial charge in [0.05, 0.1) is 5.56 Å². The summed E-state index contributed by atoms with van der Waals surface area (Å²) in [7, 11) is 0. The van der Waals surface area contributed by atoms with Crippen LogP contribution in [0.5, 0.6) is 0 Å². The number of hydrogen-bond acceptors (Lipinski definition) is 1. The molecule has 18 heavy (non-hydrogen) atoms. The molecule has 4 heteroatoms. The zero-order valence-corrected chi connectivity index (χ0v) is 13.8. The first kappa shape index (κ1) is 14.1. The summed E-state index contributed by atoms with van der Waals surface area (Å²) >= 11 is 7.18. The SMILES string of the molecule is Cc1cccc(C(=O)N2CCC(C)C(Br)C2)c1Br. The first-order chi connectivity index (χ1) is 8.50. The van der Waals surface area contributed by atoms with Crippen molar-refractivity contribution in [2.24, 2.45) is 5.92 Å². The van der Waals surface area contributed by atoms with Crippen LogP contribution in [0.15, 0.2) is 22.7 Å². The van der Waals surface area contributed by atoms with Crippen molar-refractivity contribution in [2.45, 2.75) is 25.1 Å².